The van der Waals surface area contributed by atoms with Gasteiger partial charge in [0.15, 0.2) is 11.5 Å². The minimum atomic E-state index is -0.240. The van der Waals surface area contributed by atoms with E-state index in [0.717, 1.165) is 38.5 Å². The van der Waals surface area contributed by atoms with Crippen molar-refractivity contribution in [2.24, 2.45) is 0 Å². The van der Waals surface area contributed by atoms with Gasteiger partial charge in [0, 0.05) is 26.7 Å². The molecule has 2 aromatic heterocycles. The molecule has 1 aliphatic heterocycles. The van der Waals surface area contributed by atoms with Gasteiger partial charge in [-0.2, -0.15) is 0 Å². The van der Waals surface area contributed by atoms with Gasteiger partial charge in [0.05, 0.1) is 16.9 Å². The highest BCUT2D eigenvalue weighted by atomic mass is 16.2. The average molecular weight is 433 g/mol. The van der Waals surface area contributed by atoms with Crippen molar-refractivity contribution in [2.75, 3.05) is 25.5 Å². The van der Waals surface area contributed by atoms with Crippen LogP contribution in [0, 0.1) is 0 Å². The van der Waals surface area contributed by atoms with Crippen molar-refractivity contribution >= 4 is 22.6 Å². The summed E-state index contributed by atoms with van der Waals surface area (Å²) in [4.78, 5) is 35.5. The Bertz CT molecular complexity index is 1200. The molecule has 1 saturated heterocycles. The third-order valence-corrected chi connectivity index (χ3v) is 6.66. The molecule has 2 aliphatic rings. The summed E-state index contributed by atoms with van der Waals surface area (Å²) in [6.45, 7) is 0.619. The summed E-state index contributed by atoms with van der Waals surface area (Å²) in [5.74, 6) is 1.25. The highest BCUT2D eigenvalue weighted by Gasteiger charge is 2.36. The van der Waals surface area contributed by atoms with Gasteiger partial charge in [-0.1, -0.05) is 25.0 Å². The SMILES string of the molecule is CN(C)c1ccc(C(=O)N2CCCC2c2nc3ccccc3c(=O)n2C2CCCC2)nn1. The molecular formula is C24H28N6O2. The highest BCUT2D eigenvalue weighted by Crippen LogP contribution is 2.36. The number of amides is 1. The van der Waals surface area contributed by atoms with E-state index in [1.807, 2.05) is 52.7 Å². The number of para-hydroxylation sites is 1. The number of rotatable bonds is 4. The lowest BCUT2D eigenvalue weighted by molar-refractivity contribution is 0.0718. The molecule has 1 aliphatic carbocycles. The van der Waals surface area contributed by atoms with Crippen molar-refractivity contribution < 1.29 is 4.79 Å². The monoisotopic (exact) mass is 432 g/mol. The molecule has 3 aromatic rings. The molecule has 8 nitrogen and oxygen atoms in total. The predicted molar refractivity (Wildman–Crippen MR) is 123 cm³/mol. The van der Waals surface area contributed by atoms with Crippen LogP contribution in [0.2, 0.25) is 0 Å². The number of benzene rings is 1. The third kappa shape index (κ3) is 3.53. The van der Waals surface area contributed by atoms with Crippen molar-refractivity contribution in [3.8, 4) is 0 Å². The van der Waals surface area contributed by atoms with E-state index in [-0.39, 0.29) is 23.6 Å². The summed E-state index contributed by atoms with van der Waals surface area (Å²) in [5.41, 5.74) is 1.01. The third-order valence-electron chi connectivity index (χ3n) is 6.66. The van der Waals surface area contributed by atoms with E-state index in [2.05, 4.69) is 10.2 Å². The van der Waals surface area contributed by atoms with Crippen LogP contribution in [-0.4, -0.2) is 51.2 Å². The van der Waals surface area contributed by atoms with Crippen molar-refractivity contribution in [2.45, 2.75) is 50.6 Å². The molecule has 2 fully saturated rings. The second kappa shape index (κ2) is 8.33. The van der Waals surface area contributed by atoms with E-state index in [0.29, 0.717) is 34.8 Å². The lowest BCUT2D eigenvalue weighted by atomic mass is 10.1. The molecule has 0 bridgehead atoms. The molecule has 0 N–H and O–H groups in total. The van der Waals surface area contributed by atoms with Crippen molar-refractivity contribution in [1.29, 1.82) is 0 Å². The quantitative estimate of drug-likeness (QED) is 0.629. The first-order valence-electron chi connectivity index (χ1n) is 11.4. The summed E-state index contributed by atoms with van der Waals surface area (Å²) in [6.07, 6.45) is 5.84. The van der Waals surface area contributed by atoms with E-state index in [4.69, 9.17) is 4.98 Å². The van der Waals surface area contributed by atoms with Gasteiger partial charge < -0.3 is 9.80 Å². The van der Waals surface area contributed by atoms with Crippen LogP contribution in [0.1, 0.15) is 66.9 Å². The molecule has 3 heterocycles. The molecule has 1 saturated carbocycles. The fourth-order valence-corrected chi connectivity index (χ4v) is 5.02. The molecular weight excluding hydrogens is 404 g/mol. The lowest BCUT2D eigenvalue weighted by Gasteiger charge is -2.28. The van der Waals surface area contributed by atoms with Gasteiger partial charge in [0.25, 0.3) is 11.5 Å². The van der Waals surface area contributed by atoms with Gasteiger partial charge >= 0.3 is 0 Å². The smallest absolute Gasteiger partial charge is 0.274 e. The van der Waals surface area contributed by atoms with E-state index in [1.165, 1.54) is 0 Å². The van der Waals surface area contributed by atoms with Crippen molar-refractivity contribution in [1.82, 2.24) is 24.6 Å². The Hall–Kier alpha value is -3.29. The molecule has 8 heteroatoms. The highest BCUT2D eigenvalue weighted by molar-refractivity contribution is 5.92. The Balaban J connectivity index is 1.57. The van der Waals surface area contributed by atoms with Crippen LogP contribution in [0.4, 0.5) is 5.82 Å². The Morgan fingerprint density at radius 1 is 1.00 bits per heavy atom. The number of carbonyl (C=O) groups excluding carboxylic acids is 1. The second-order valence-electron chi connectivity index (χ2n) is 8.93. The standard InChI is InChI=1S/C24H28N6O2/c1-28(2)21-14-13-19(26-27-21)24(32)29-15-7-12-20(29)22-25-18-11-6-5-10-17(18)23(31)30(22)16-8-3-4-9-16/h5-6,10-11,13-14,16,20H,3-4,7-9,12,15H2,1-2H3. The topological polar surface area (TPSA) is 84.2 Å². The van der Waals surface area contributed by atoms with Gasteiger partial charge in [0.1, 0.15) is 5.82 Å². The Morgan fingerprint density at radius 3 is 2.50 bits per heavy atom. The number of anilines is 1. The minimum Gasteiger partial charge on any atom is -0.361 e. The average Bonchev–Trinajstić information content (AvgIpc) is 3.51. The Labute approximate surface area is 186 Å². The fraction of sp³-hybridized carbons (Fsp3) is 0.458. The molecule has 166 valence electrons. The van der Waals surface area contributed by atoms with Crippen LogP contribution >= 0.6 is 0 Å². The maximum Gasteiger partial charge on any atom is 0.274 e. The molecule has 32 heavy (non-hydrogen) atoms. The zero-order valence-corrected chi connectivity index (χ0v) is 18.6. The Kier molecular flexibility index (Phi) is 5.36. The number of likely N-dealkylation sites (tertiary alicyclic amines) is 1. The summed E-state index contributed by atoms with van der Waals surface area (Å²) < 4.78 is 1.90. The zero-order valence-electron chi connectivity index (χ0n) is 18.6. The Morgan fingerprint density at radius 2 is 1.78 bits per heavy atom. The van der Waals surface area contributed by atoms with E-state index >= 15 is 0 Å². The number of hydrogen-bond acceptors (Lipinski definition) is 6. The van der Waals surface area contributed by atoms with Crippen LogP contribution in [0.15, 0.2) is 41.2 Å². The van der Waals surface area contributed by atoms with Crippen LogP contribution < -0.4 is 10.5 Å². The summed E-state index contributed by atoms with van der Waals surface area (Å²) in [6, 6.07) is 10.9. The van der Waals surface area contributed by atoms with E-state index in [9.17, 15) is 9.59 Å². The first-order valence-corrected chi connectivity index (χ1v) is 11.4. The van der Waals surface area contributed by atoms with Gasteiger partial charge in [-0.3, -0.25) is 14.2 Å². The first kappa shape index (κ1) is 20.6. The molecule has 1 amide bonds. The minimum absolute atomic E-state index is 0.00641. The molecule has 5 rings (SSSR count). The molecule has 1 atom stereocenters. The van der Waals surface area contributed by atoms with Crippen LogP contribution in [0.3, 0.4) is 0 Å². The summed E-state index contributed by atoms with van der Waals surface area (Å²) >= 11 is 0. The number of hydrogen-bond donors (Lipinski definition) is 0. The summed E-state index contributed by atoms with van der Waals surface area (Å²) in [7, 11) is 3.77. The van der Waals surface area contributed by atoms with Crippen LogP contribution in [-0.2, 0) is 0 Å². The van der Waals surface area contributed by atoms with E-state index in [1.54, 1.807) is 12.1 Å². The number of carbonyl (C=O) groups is 1. The lowest BCUT2D eigenvalue weighted by Crippen LogP contribution is -2.37. The van der Waals surface area contributed by atoms with Gasteiger partial charge in [-0.25, -0.2) is 4.98 Å². The molecule has 1 aromatic carbocycles. The maximum atomic E-state index is 13.5. The summed E-state index contributed by atoms with van der Waals surface area (Å²) in [5, 5.41) is 8.97. The van der Waals surface area contributed by atoms with Crippen molar-refractivity contribution in [3.05, 3.63) is 58.3 Å². The van der Waals surface area contributed by atoms with Gasteiger partial charge in [-0.05, 0) is 49.9 Å². The molecule has 1 unspecified atom stereocenters. The zero-order chi connectivity index (χ0) is 22.2. The van der Waals surface area contributed by atoms with Gasteiger partial charge in [-0.15, -0.1) is 10.2 Å². The van der Waals surface area contributed by atoms with Crippen LogP contribution in [0.25, 0.3) is 10.9 Å². The fourth-order valence-electron chi connectivity index (χ4n) is 5.02. The maximum absolute atomic E-state index is 13.5. The van der Waals surface area contributed by atoms with Gasteiger partial charge in [0.2, 0.25) is 0 Å². The molecule has 0 radical (unpaired) electrons. The predicted octanol–water partition coefficient (Wildman–Crippen LogP) is 3.34. The second-order valence-corrected chi connectivity index (χ2v) is 8.93. The first-order chi connectivity index (χ1) is 15.5. The largest absolute Gasteiger partial charge is 0.361 e. The van der Waals surface area contributed by atoms with Crippen molar-refractivity contribution in [3.63, 3.8) is 0 Å². The van der Waals surface area contributed by atoms with E-state index < -0.39 is 0 Å². The number of aromatic nitrogens is 4. The normalized spacial score (nSPS) is 19.1. The number of fused-ring (bicyclic) bond motifs is 1. The molecule has 0 spiro atoms. The number of nitrogens with zero attached hydrogens (tertiary/aromatic N) is 6. The van der Waals surface area contributed by atoms with Crippen LogP contribution in [0.5, 0.6) is 0 Å².